The molecule has 0 spiro atoms. The maximum atomic E-state index is 10.7. The van der Waals surface area contributed by atoms with Crippen molar-refractivity contribution in [3.8, 4) is 23.0 Å². The van der Waals surface area contributed by atoms with Crippen molar-refractivity contribution < 1.29 is 28.8 Å². The predicted octanol–water partition coefficient (Wildman–Crippen LogP) is 3.18. The second-order valence-electron chi connectivity index (χ2n) is 5.25. The molecule has 25 heavy (non-hydrogen) atoms. The van der Waals surface area contributed by atoms with Crippen molar-refractivity contribution in [3.05, 3.63) is 48.0 Å². The van der Waals surface area contributed by atoms with E-state index in [0.717, 1.165) is 17.1 Å². The molecule has 0 amide bonds. The average molecular weight is 346 g/mol. The summed E-state index contributed by atoms with van der Waals surface area (Å²) in [5.74, 6) is 1.84. The van der Waals surface area contributed by atoms with Gasteiger partial charge < -0.3 is 24.1 Å². The lowest BCUT2D eigenvalue weighted by Gasteiger charge is -2.13. The number of carboxylic acids is 1. The summed E-state index contributed by atoms with van der Waals surface area (Å²) in [5.41, 5.74) is 0.884. The first-order valence-corrected chi connectivity index (χ1v) is 7.90. The van der Waals surface area contributed by atoms with E-state index in [1.165, 1.54) is 0 Å². The molecule has 0 aliphatic rings. The summed E-state index contributed by atoms with van der Waals surface area (Å²) in [4.78, 5) is 10.7. The normalized spacial score (nSPS) is 10.2. The number of rotatable bonds is 10. The Hall–Kier alpha value is -2.89. The van der Waals surface area contributed by atoms with Gasteiger partial charge in [0.15, 0.2) is 11.5 Å². The molecule has 0 saturated carbocycles. The summed E-state index contributed by atoms with van der Waals surface area (Å²) >= 11 is 0. The molecule has 0 aliphatic heterocycles. The third-order valence-electron chi connectivity index (χ3n) is 3.52. The van der Waals surface area contributed by atoms with Gasteiger partial charge in [0.05, 0.1) is 14.2 Å². The molecule has 0 bridgehead atoms. The highest BCUT2D eigenvalue weighted by molar-refractivity contribution is 5.67. The van der Waals surface area contributed by atoms with Crippen LogP contribution in [-0.4, -0.2) is 38.5 Å². The van der Waals surface area contributed by atoms with E-state index in [-0.39, 0.29) is 6.42 Å². The molecule has 2 aromatic carbocycles. The summed E-state index contributed by atoms with van der Waals surface area (Å²) in [7, 11) is 3.18. The van der Waals surface area contributed by atoms with Crippen LogP contribution in [0.15, 0.2) is 42.5 Å². The topological polar surface area (TPSA) is 74.2 Å². The smallest absolute Gasteiger partial charge is 0.303 e. The van der Waals surface area contributed by atoms with E-state index in [1.54, 1.807) is 26.4 Å². The van der Waals surface area contributed by atoms with E-state index in [9.17, 15) is 4.79 Å². The van der Waals surface area contributed by atoms with Gasteiger partial charge in [-0.1, -0.05) is 6.07 Å². The Morgan fingerprint density at radius 1 is 0.880 bits per heavy atom. The lowest BCUT2D eigenvalue weighted by molar-refractivity contribution is -0.136. The van der Waals surface area contributed by atoms with E-state index in [4.69, 9.17) is 24.1 Å². The first kappa shape index (κ1) is 18.4. The molecule has 134 valence electrons. The maximum absolute atomic E-state index is 10.7. The molecular weight excluding hydrogens is 324 g/mol. The van der Waals surface area contributed by atoms with Crippen molar-refractivity contribution in [2.24, 2.45) is 0 Å². The van der Waals surface area contributed by atoms with Crippen LogP contribution in [0.25, 0.3) is 0 Å². The fourth-order valence-electron chi connectivity index (χ4n) is 2.22. The van der Waals surface area contributed by atoms with Gasteiger partial charge in [0.2, 0.25) is 0 Å². The number of benzene rings is 2. The van der Waals surface area contributed by atoms with Crippen molar-refractivity contribution in [3.63, 3.8) is 0 Å². The Kier molecular flexibility index (Phi) is 6.95. The second-order valence-corrected chi connectivity index (χ2v) is 5.25. The van der Waals surface area contributed by atoms with Crippen molar-refractivity contribution in [2.45, 2.75) is 12.8 Å². The van der Waals surface area contributed by atoms with Gasteiger partial charge in [0.1, 0.15) is 24.7 Å². The highest BCUT2D eigenvalue weighted by Gasteiger charge is 2.07. The molecule has 6 heteroatoms. The highest BCUT2D eigenvalue weighted by atomic mass is 16.5. The molecule has 0 unspecified atom stereocenters. The van der Waals surface area contributed by atoms with Crippen LogP contribution >= 0.6 is 0 Å². The zero-order chi connectivity index (χ0) is 18.1. The largest absolute Gasteiger partial charge is 0.497 e. The zero-order valence-electron chi connectivity index (χ0n) is 14.4. The van der Waals surface area contributed by atoms with Crippen LogP contribution in [0.4, 0.5) is 0 Å². The third-order valence-corrected chi connectivity index (χ3v) is 3.52. The Morgan fingerprint density at radius 2 is 1.56 bits per heavy atom. The molecule has 6 nitrogen and oxygen atoms in total. The number of ether oxygens (including phenoxy) is 4. The Labute approximate surface area is 146 Å². The fourth-order valence-corrected chi connectivity index (χ4v) is 2.22. The predicted molar refractivity (Wildman–Crippen MR) is 92.9 cm³/mol. The molecule has 1 N–H and O–H groups in total. The van der Waals surface area contributed by atoms with E-state index in [0.29, 0.717) is 31.1 Å². The summed E-state index contributed by atoms with van der Waals surface area (Å²) in [6.07, 6.45) is 0.518. The van der Waals surface area contributed by atoms with Crippen LogP contribution in [0.5, 0.6) is 23.0 Å². The van der Waals surface area contributed by atoms with Gasteiger partial charge in [0.25, 0.3) is 0 Å². The Bertz CT molecular complexity index is 681. The zero-order valence-corrected chi connectivity index (χ0v) is 14.4. The number of carboxylic acid groups (broad SMARTS) is 1. The first-order chi connectivity index (χ1) is 12.1. The summed E-state index contributed by atoms with van der Waals surface area (Å²) in [5, 5.41) is 8.78. The Morgan fingerprint density at radius 3 is 2.20 bits per heavy atom. The van der Waals surface area contributed by atoms with Crippen molar-refractivity contribution >= 4 is 5.97 Å². The van der Waals surface area contributed by atoms with Crippen LogP contribution in [0, 0.1) is 0 Å². The van der Waals surface area contributed by atoms with Gasteiger partial charge in [0, 0.05) is 6.42 Å². The summed E-state index contributed by atoms with van der Waals surface area (Å²) in [6, 6.07) is 12.7. The van der Waals surface area contributed by atoms with E-state index in [1.807, 2.05) is 30.3 Å². The first-order valence-electron chi connectivity index (χ1n) is 7.90. The monoisotopic (exact) mass is 346 g/mol. The van der Waals surface area contributed by atoms with Crippen molar-refractivity contribution in [1.82, 2.24) is 0 Å². The molecule has 0 aliphatic carbocycles. The highest BCUT2D eigenvalue weighted by Crippen LogP contribution is 2.28. The molecule has 0 radical (unpaired) electrons. The lowest BCUT2D eigenvalue weighted by Crippen LogP contribution is -2.10. The minimum Gasteiger partial charge on any atom is -0.497 e. The minimum absolute atomic E-state index is 0.0757. The molecule has 0 atom stereocenters. The molecule has 2 aromatic rings. The number of carbonyl (C=O) groups is 1. The number of hydrogen-bond donors (Lipinski definition) is 1. The quantitative estimate of drug-likeness (QED) is 0.666. The molecule has 0 heterocycles. The number of aryl methyl sites for hydroxylation is 1. The van der Waals surface area contributed by atoms with Crippen LogP contribution in [0.2, 0.25) is 0 Å². The van der Waals surface area contributed by atoms with Crippen LogP contribution in [0.1, 0.15) is 12.0 Å². The minimum atomic E-state index is -0.828. The van der Waals surface area contributed by atoms with E-state index < -0.39 is 5.97 Å². The third kappa shape index (κ3) is 5.91. The fraction of sp³-hybridized carbons (Fsp3) is 0.316. The van der Waals surface area contributed by atoms with E-state index >= 15 is 0 Å². The van der Waals surface area contributed by atoms with Crippen molar-refractivity contribution in [2.75, 3.05) is 27.4 Å². The van der Waals surface area contributed by atoms with Gasteiger partial charge >= 0.3 is 5.97 Å². The number of aliphatic carboxylic acids is 1. The van der Waals surface area contributed by atoms with Gasteiger partial charge in [-0.2, -0.15) is 0 Å². The Balaban J connectivity index is 1.87. The summed E-state index contributed by atoms with van der Waals surface area (Å²) < 4.78 is 21.7. The summed E-state index contributed by atoms with van der Waals surface area (Å²) in [6.45, 7) is 0.708. The second kappa shape index (κ2) is 9.42. The van der Waals surface area contributed by atoms with Crippen LogP contribution < -0.4 is 18.9 Å². The maximum Gasteiger partial charge on any atom is 0.303 e. The molecule has 0 fully saturated rings. The molecule has 0 aromatic heterocycles. The molecule has 2 rings (SSSR count). The molecular formula is C19H22O6. The van der Waals surface area contributed by atoms with Gasteiger partial charge in [-0.05, 0) is 48.4 Å². The SMILES string of the molecule is COc1ccc(OCCOc2cc(CCC(=O)O)ccc2OC)cc1. The standard InChI is InChI=1S/C19H22O6/c1-22-15-5-7-16(8-6-15)24-11-12-25-18-13-14(4-10-19(20)21)3-9-17(18)23-2/h3,5-9,13H,4,10-12H2,1-2H3,(H,20,21). The van der Waals surface area contributed by atoms with Crippen LogP contribution in [0.3, 0.4) is 0 Å². The van der Waals surface area contributed by atoms with Gasteiger partial charge in [-0.15, -0.1) is 0 Å². The number of methoxy groups -OCH3 is 2. The molecule has 0 saturated heterocycles. The van der Waals surface area contributed by atoms with Crippen molar-refractivity contribution in [1.29, 1.82) is 0 Å². The van der Waals surface area contributed by atoms with E-state index in [2.05, 4.69) is 0 Å². The van der Waals surface area contributed by atoms with Crippen LogP contribution in [-0.2, 0) is 11.2 Å². The van der Waals surface area contributed by atoms with Gasteiger partial charge in [-0.3, -0.25) is 4.79 Å². The average Bonchev–Trinajstić information content (AvgIpc) is 2.64. The number of hydrogen-bond acceptors (Lipinski definition) is 5. The van der Waals surface area contributed by atoms with Gasteiger partial charge in [-0.25, -0.2) is 0 Å². The lowest BCUT2D eigenvalue weighted by atomic mass is 10.1.